The van der Waals surface area contributed by atoms with Crippen molar-refractivity contribution in [2.45, 2.75) is 12.3 Å². The van der Waals surface area contributed by atoms with Gasteiger partial charge in [0.1, 0.15) is 0 Å². The molecule has 1 unspecified atom stereocenters. The van der Waals surface area contributed by atoms with Crippen LogP contribution in [0.4, 0.5) is 13.2 Å². The number of hydrogen-bond acceptors (Lipinski definition) is 1. The van der Waals surface area contributed by atoms with Crippen LogP contribution in [0.25, 0.3) is 10.8 Å². The minimum atomic E-state index is -4.66. The van der Waals surface area contributed by atoms with Crippen molar-refractivity contribution in [1.82, 2.24) is 0 Å². The van der Waals surface area contributed by atoms with Crippen molar-refractivity contribution >= 4 is 26.7 Å². The fraction of sp³-hybridized carbons (Fsp3) is 0.167. The molecule has 2 aromatic rings. The Morgan fingerprint density at radius 3 is 2.41 bits per heavy atom. The molecule has 0 fully saturated rings. The summed E-state index contributed by atoms with van der Waals surface area (Å²) in [6.45, 7) is 0. The molecule has 0 bridgehead atoms. The van der Waals surface area contributed by atoms with Crippen LogP contribution in [0.15, 0.2) is 40.9 Å². The summed E-state index contributed by atoms with van der Waals surface area (Å²) in [4.78, 5) is 0. The average molecular weight is 305 g/mol. The molecule has 0 aromatic heterocycles. The Hall–Kier alpha value is -1.07. The molecule has 0 saturated carbocycles. The zero-order valence-electron chi connectivity index (χ0n) is 8.50. The molecule has 90 valence electrons. The standard InChI is InChI=1S/C12H8BrF3O/c13-8-5-7-3-1-2-4-9(7)10(6-8)11(17)12(14,15)16/h1-6,11,17H. The van der Waals surface area contributed by atoms with Gasteiger partial charge in [-0.2, -0.15) is 13.2 Å². The van der Waals surface area contributed by atoms with Crippen molar-refractivity contribution < 1.29 is 18.3 Å². The number of benzene rings is 2. The highest BCUT2D eigenvalue weighted by Gasteiger charge is 2.40. The lowest BCUT2D eigenvalue weighted by atomic mass is 10.0. The summed E-state index contributed by atoms with van der Waals surface area (Å²) in [5.74, 6) is 0. The van der Waals surface area contributed by atoms with Gasteiger partial charge < -0.3 is 5.11 Å². The third-order valence-electron chi connectivity index (χ3n) is 2.46. The molecule has 0 spiro atoms. The molecule has 2 aromatic carbocycles. The molecule has 0 aliphatic carbocycles. The van der Waals surface area contributed by atoms with E-state index in [-0.39, 0.29) is 5.56 Å². The number of aliphatic hydroxyl groups excluding tert-OH is 1. The van der Waals surface area contributed by atoms with Crippen molar-refractivity contribution in [1.29, 1.82) is 0 Å². The van der Waals surface area contributed by atoms with E-state index in [2.05, 4.69) is 15.9 Å². The van der Waals surface area contributed by atoms with Crippen LogP contribution < -0.4 is 0 Å². The Morgan fingerprint density at radius 1 is 1.12 bits per heavy atom. The lowest BCUT2D eigenvalue weighted by molar-refractivity contribution is -0.206. The maximum absolute atomic E-state index is 12.5. The van der Waals surface area contributed by atoms with Crippen LogP contribution in [0.3, 0.4) is 0 Å². The lowest BCUT2D eigenvalue weighted by Crippen LogP contribution is -2.20. The van der Waals surface area contributed by atoms with Crippen LogP contribution >= 0.6 is 15.9 Å². The van der Waals surface area contributed by atoms with Gasteiger partial charge in [0.15, 0.2) is 6.10 Å². The minimum absolute atomic E-state index is 0.137. The quantitative estimate of drug-likeness (QED) is 0.837. The van der Waals surface area contributed by atoms with E-state index in [0.29, 0.717) is 15.2 Å². The SMILES string of the molecule is OC(c1cc(Br)cc2ccccc12)C(F)(F)F. The molecule has 1 atom stereocenters. The summed E-state index contributed by atoms with van der Waals surface area (Å²) in [6.07, 6.45) is -7.13. The van der Waals surface area contributed by atoms with Crippen molar-refractivity contribution in [2.75, 3.05) is 0 Å². The first-order valence-corrected chi connectivity index (χ1v) is 5.62. The van der Waals surface area contributed by atoms with E-state index in [1.165, 1.54) is 6.07 Å². The molecule has 0 heterocycles. The highest BCUT2D eigenvalue weighted by atomic mass is 79.9. The van der Waals surface area contributed by atoms with Gasteiger partial charge in [0.25, 0.3) is 0 Å². The van der Waals surface area contributed by atoms with Gasteiger partial charge in [-0.05, 0) is 28.5 Å². The lowest BCUT2D eigenvalue weighted by Gasteiger charge is -2.17. The fourth-order valence-corrected chi connectivity index (χ4v) is 2.20. The first kappa shape index (κ1) is 12.4. The zero-order valence-corrected chi connectivity index (χ0v) is 10.1. The predicted molar refractivity (Wildman–Crippen MR) is 62.7 cm³/mol. The van der Waals surface area contributed by atoms with E-state index >= 15 is 0 Å². The van der Waals surface area contributed by atoms with Crippen LogP contribution in [-0.2, 0) is 0 Å². The Bertz CT molecular complexity index is 551. The summed E-state index contributed by atoms with van der Waals surface area (Å²) in [6, 6.07) is 9.64. The number of fused-ring (bicyclic) bond motifs is 1. The topological polar surface area (TPSA) is 20.2 Å². The molecule has 0 aliphatic rings. The van der Waals surface area contributed by atoms with E-state index in [0.717, 1.165) is 0 Å². The van der Waals surface area contributed by atoms with Gasteiger partial charge in [-0.25, -0.2) is 0 Å². The van der Waals surface area contributed by atoms with Gasteiger partial charge in [-0.15, -0.1) is 0 Å². The van der Waals surface area contributed by atoms with Crippen molar-refractivity contribution in [3.05, 3.63) is 46.4 Å². The summed E-state index contributed by atoms with van der Waals surface area (Å²) >= 11 is 3.14. The number of rotatable bonds is 1. The molecule has 0 saturated heterocycles. The second kappa shape index (κ2) is 4.31. The molecule has 17 heavy (non-hydrogen) atoms. The summed E-state index contributed by atoms with van der Waals surface area (Å²) in [5, 5.41) is 10.4. The molecule has 1 N–H and O–H groups in total. The molecular weight excluding hydrogens is 297 g/mol. The normalized spacial score (nSPS) is 13.9. The summed E-state index contributed by atoms with van der Waals surface area (Å²) in [5.41, 5.74) is -0.137. The molecule has 0 amide bonds. The zero-order chi connectivity index (χ0) is 12.6. The fourth-order valence-electron chi connectivity index (χ4n) is 1.70. The van der Waals surface area contributed by atoms with E-state index in [9.17, 15) is 18.3 Å². The van der Waals surface area contributed by atoms with Crippen LogP contribution in [0.2, 0.25) is 0 Å². The van der Waals surface area contributed by atoms with Crippen LogP contribution in [0.1, 0.15) is 11.7 Å². The highest BCUT2D eigenvalue weighted by molar-refractivity contribution is 9.10. The van der Waals surface area contributed by atoms with Crippen LogP contribution in [0, 0.1) is 0 Å². The van der Waals surface area contributed by atoms with E-state index < -0.39 is 12.3 Å². The van der Waals surface area contributed by atoms with Gasteiger partial charge in [0.05, 0.1) is 0 Å². The molecule has 0 aliphatic heterocycles. The number of alkyl halides is 3. The summed E-state index contributed by atoms with van der Waals surface area (Å²) in [7, 11) is 0. The second-order valence-electron chi connectivity index (χ2n) is 3.66. The van der Waals surface area contributed by atoms with Gasteiger partial charge in [-0.3, -0.25) is 0 Å². The van der Waals surface area contributed by atoms with Gasteiger partial charge in [0.2, 0.25) is 0 Å². The Morgan fingerprint density at radius 2 is 1.76 bits per heavy atom. The highest BCUT2D eigenvalue weighted by Crippen LogP contribution is 2.37. The van der Waals surface area contributed by atoms with Crippen LogP contribution in [-0.4, -0.2) is 11.3 Å². The maximum atomic E-state index is 12.5. The largest absolute Gasteiger partial charge is 0.418 e. The van der Waals surface area contributed by atoms with Crippen molar-refractivity contribution in [2.24, 2.45) is 0 Å². The Kier molecular flexibility index (Phi) is 3.14. The number of halogens is 4. The van der Waals surface area contributed by atoms with Crippen LogP contribution in [0.5, 0.6) is 0 Å². The number of hydrogen-bond donors (Lipinski definition) is 1. The third kappa shape index (κ3) is 2.45. The van der Waals surface area contributed by atoms with E-state index in [4.69, 9.17) is 0 Å². The summed E-state index contributed by atoms with van der Waals surface area (Å²) < 4.78 is 38.1. The first-order chi connectivity index (χ1) is 7.89. The Balaban J connectivity index is 2.68. The molecular formula is C12H8BrF3O. The molecule has 0 radical (unpaired) electrons. The first-order valence-electron chi connectivity index (χ1n) is 4.82. The van der Waals surface area contributed by atoms with Crippen molar-refractivity contribution in [3.63, 3.8) is 0 Å². The van der Waals surface area contributed by atoms with E-state index in [1.807, 2.05) is 0 Å². The predicted octanol–water partition coefficient (Wildman–Crippen LogP) is 4.20. The van der Waals surface area contributed by atoms with Gasteiger partial charge in [0, 0.05) is 4.47 Å². The Labute approximate surface area is 104 Å². The average Bonchev–Trinajstić information content (AvgIpc) is 2.25. The minimum Gasteiger partial charge on any atom is -0.379 e. The molecule has 2 rings (SSSR count). The maximum Gasteiger partial charge on any atom is 0.418 e. The molecule has 5 heteroatoms. The van der Waals surface area contributed by atoms with Gasteiger partial charge in [-0.1, -0.05) is 40.2 Å². The smallest absolute Gasteiger partial charge is 0.379 e. The van der Waals surface area contributed by atoms with Crippen molar-refractivity contribution in [3.8, 4) is 0 Å². The van der Waals surface area contributed by atoms with E-state index in [1.54, 1.807) is 30.3 Å². The second-order valence-corrected chi connectivity index (χ2v) is 4.58. The number of aliphatic hydroxyl groups is 1. The third-order valence-corrected chi connectivity index (χ3v) is 2.92. The van der Waals surface area contributed by atoms with Gasteiger partial charge >= 0.3 is 6.18 Å². The monoisotopic (exact) mass is 304 g/mol. The molecule has 1 nitrogen and oxygen atoms in total.